The summed E-state index contributed by atoms with van der Waals surface area (Å²) in [6, 6.07) is 1.84. The van der Waals surface area contributed by atoms with Gasteiger partial charge in [0.2, 0.25) is 0 Å². The van der Waals surface area contributed by atoms with Crippen molar-refractivity contribution < 1.29 is 19.4 Å². The van der Waals surface area contributed by atoms with E-state index < -0.39 is 5.97 Å². The molecule has 1 aromatic heterocycles. The SMILES string of the molecule is COCCN(c1cc(C)nc(C)c1C(=O)O)C(C)COC. The number of anilines is 1. The quantitative estimate of drug-likeness (QED) is 0.790. The fourth-order valence-electron chi connectivity index (χ4n) is 2.40. The molecule has 0 bridgehead atoms. The van der Waals surface area contributed by atoms with Crippen molar-refractivity contribution >= 4 is 11.7 Å². The average molecular weight is 296 g/mol. The second-order valence-corrected chi connectivity index (χ2v) is 5.04. The molecule has 1 aromatic rings. The molecule has 6 heteroatoms. The molecule has 0 saturated carbocycles. The van der Waals surface area contributed by atoms with Crippen LogP contribution in [0.3, 0.4) is 0 Å². The van der Waals surface area contributed by atoms with Crippen molar-refractivity contribution in [3.63, 3.8) is 0 Å². The van der Waals surface area contributed by atoms with Crippen molar-refractivity contribution in [1.29, 1.82) is 0 Å². The molecule has 1 rings (SSSR count). The van der Waals surface area contributed by atoms with Crippen LogP contribution >= 0.6 is 0 Å². The Balaban J connectivity index is 3.30. The largest absolute Gasteiger partial charge is 0.478 e. The predicted molar refractivity (Wildman–Crippen MR) is 81.2 cm³/mol. The molecule has 1 unspecified atom stereocenters. The van der Waals surface area contributed by atoms with Gasteiger partial charge in [0.1, 0.15) is 5.56 Å². The van der Waals surface area contributed by atoms with Crippen LogP contribution in [0.15, 0.2) is 6.07 Å². The number of methoxy groups -OCH3 is 2. The first-order valence-electron chi connectivity index (χ1n) is 6.88. The van der Waals surface area contributed by atoms with Gasteiger partial charge in [-0.05, 0) is 26.8 Å². The van der Waals surface area contributed by atoms with Gasteiger partial charge in [0.15, 0.2) is 0 Å². The topological polar surface area (TPSA) is 71.9 Å². The molecule has 0 spiro atoms. The Hall–Kier alpha value is -1.66. The van der Waals surface area contributed by atoms with Gasteiger partial charge in [-0.15, -0.1) is 0 Å². The van der Waals surface area contributed by atoms with E-state index in [1.165, 1.54) is 0 Å². The van der Waals surface area contributed by atoms with Gasteiger partial charge in [0.25, 0.3) is 0 Å². The molecular weight excluding hydrogens is 272 g/mol. The summed E-state index contributed by atoms with van der Waals surface area (Å²) in [7, 11) is 3.26. The first kappa shape index (κ1) is 17.4. The van der Waals surface area contributed by atoms with E-state index in [1.54, 1.807) is 27.2 Å². The Morgan fingerprint density at radius 1 is 1.38 bits per heavy atom. The molecular formula is C15H24N2O4. The van der Waals surface area contributed by atoms with Gasteiger partial charge in [-0.3, -0.25) is 4.98 Å². The fourth-order valence-corrected chi connectivity index (χ4v) is 2.40. The molecule has 0 aliphatic carbocycles. The molecule has 0 fully saturated rings. The lowest BCUT2D eigenvalue weighted by Gasteiger charge is -2.32. The Bertz CT molecular complexity index is 491. The molecule has 0 amide bonds. The van der Waals surface area contributed by atoms with E-state index in [2.05, 4.69) is 4.98 Å². The zero-order valence-corrected chi connectivity index (χ0v) is 13.3. The maximum atomic E-state index is 11.6. The summed E-state index contributed by atoms with van der Waals surface area (Å²) in [5, 5.41) is 9.49. The number of rotatable bonds is 8. The van der Waals surface area contributed by atoms with Crippen LogP contribution in [-0.2, 0) is 9.47 Å². The molecule has 0 radical (unpaired) electrons. The molecule has 1 N–H and O–H groups in total. The van der Waals surface area contributed by atoms with Gasteiger partial charge < -0.3 is 19.5 Å². The highest BCUT2D eigenvalue weighted by Crippen LogP contribution is 2.26. The number of nitrogens with zero attached hydrogens (tertiary/aromatic N) is 2. The Morgan fingerprint density at radius 3 is 2.57 bits per heavy atom. The van der Waals surface area contributed by atoms with Gasteiger partial charge >= 0.3 is 5.97 Å². The van der Waals surface area contributed by atoms with E-state index in [-0.39, 0.29) is 11.6 Å². The van der Waals surface area contributed by atoms with E-state index in [9.17, 15) is 9.90 Å². The maximum absolute atomic E-state index is 11.6. The predicted octanol–water partition coefficient (Wildman–Crippen LogP) is 1.88. The van der Waals surface area contributed by atoms with Crippen molar-refractivity contribution in [3.05, 3.63) is 23.0 Å². The minimum Gasteiger partial charge on any atom is -0.478 e. The van der Waals surface area contributed by atoms with Crippen molar-refractivity contribution in [2.45, 2.75) is 26.8 Å². The summed E-state index contributed by atoms with van der Waals surface area (Å²) >= 11 is 0. The molecule has 118 valence electrons. The number of pyridine rings is 1. The number of ether oxygens (including phenoxy) is 2. The zero-order chi connectivity index (χ0) is 16.0. The van der Waals surface area contributed by atoms with Gasteiger partial charge in [-0.2, -0.15) is 0 Å². The summed E-state index contributed by atoms with van der Waals surface area (Å²) in [6.07, 6.45) is 0. The lowest BCUT2D eigenvalue weighted by atomic mass is 10.1. The third-order valence-corrected chi connectivity index (χ3v) is 3.31. The molecule has 0 aliphatic rings. The molecule has 0 saturated heterocycles. The molecule has 6 nitrogen and oxygen atoms in total. The average Bonchev–Trinajstić information content (AvgIpc) is 2.38. The minimum absolute atomic E-state index is 0.0319. The molecule has 1 atom stereocenters. The second-order valence-electron chi connectivity index (χ2n) is 5.04. The van der Waals surface area contributed by atoms with E-state index in [1.807, 2.05) is 18.7 Å². The van der Waals surface area contributed by atoms with Crippen LogP contribution < -0.4 is 4.90 Å². The Labute approximate surface area is 125 Å². The molecule has 1 heterocycles. The van der Waals surface area contributed by atoms with Crippen LogP contribution in [0.5, 0.6) is 0 Å². The van der Waals surface area contributed by atoms with Crippen molar-refractivity contribution in [2.24, 2.45) is 0 Å². The van der Waals surface area contributed by atoms with Crippen LogP contribution in [0, 0.1) is 13.8 Å². The van der Waals surface area contributed by atoms with Crippen LogP contribution in [-0.4, -0.2) is 56.1 Å². The van der Waals surface area contributed by atoms with E-state index >= 15 is 0 Å². The number of aromatic nitrogens is 1. The van der Waals surface area contributed by atoms with E-state index in [0.29, 0.717) is 31.1 Å². The van der Waals surface area contributed by atoms with Gasteiger partial charge in [-0.1, -0.05) is 0 Å². The highest BCUT2D eigenvalue weighted by molar-refractivity contribution is 5.95. The molecule has 21 heavy (non-hydrogen) atoms. The maximum Gasteiger partial charge on any atom is 0.339 e. The van der Waals surface area contributed by atoms with Crippen molar-refractivity contribution in [1.82, 2.24) is 4.98 Å². The number of hydrogen-bond donors (Lipinski definition) is 1. The van der Waals surface area contributed by atoms with Crippen LogP contribution in [0.1, 0.15) is 28.7 Å². The van der Waals surface area contributed by atoms with Crippen molar-refractivity contribution in [3.8, 4) is 0 Å². The summed E-state index contributed by atoms with van der Waals surface area (Å²) in [5.74, 6) is -0.970. The van der Waals surface area contributed by atoms with Gasteiger partial charge in [-0.25, -0.2) is 4.79 Å². The van der Waals surface area contributed by atoms with Crippen LogP contribution in [0.4, 0.5) is 5.69 Å². The van der Waals surface area contributed by atoms with E-state index in [4.69, 9.17) is 9.47 Å². The summed E-state index contributed by atoms with van der Waals surface area (Å²) in [6.45, 7) is 7.17. The summed E-state index contributed by atoms with van der Waals surface area (Å²) in [5.41, 5.74) is 2.21. The molecule has 0 aromatic carbocycles. The van der Waals surface area contributed by atoms with E-state index in [0.717, 1.165) is 5.69 Å². The minimum atomic E-state index is -0.970. The number of carbonyl (C=O) groups is 1. The second kappa shape index (κ2) is 7.95. The zero-order valence-electron chi connectivity index (χ0n) is 13.3. The highest BCUT2D eigenvalue weighted by atomic mass is 16.5. The van der Waals surface area contributed by atoms with Gasteiger partial charge in [0.05, 0.1) is 24.6 Å². The fraction of sp³-hybridized carbons (Fsp3) is 0.600. The van der Waals surface area contributed by atoms with Gasteiger partial charge in [0, 0.05) is 32.5 Å². The lowest BCUT2D eigenvalue weighted by Crippen LogP contribution is -2.39. The van der Waals surface area contributed by atoms with Crippen LogP contribution in [0.2, 0.25) is 0 Å². The summed E-state index contributed by atoms with van der Waals surface area (Å²) < 4.78 is 10.3. The number of aryl methyl sites for hydroxylation is 2. The third-order valence-electron chi connectivity index (χ3n) is 3.31. The Kier molecular flexibility index (Phi) is 6.58. The third kappa shape index (κ3) is 4.41. The number of aromatic carboxylic acids is 1. The monoisotopic (exact) mass is 296 g/mol. The standard InChI is InChI=1S/C15H24N2O4/c1-10-8-13(14(15(18)19)12(3)16-10)17(6-7-20-4)11(2)9-21-5/h8,11H,6-7,9H2,1-5H3,(H,18,19). The Morgan fingerprint density at radius 2 is 2.05 bits per heavy atom. The summed E-state index contributed by atoms with van der Waals surface area (Å²) in [4.78, 5) is 17.8. The number of carboxylic acids is 1. The lowest BCUT2D eigenvalue weighted by molar-refractivity contribution is 0.0695. The molecule has 0 aliphatic heterocycles. The first-order valence-corrected chi connectivity index (χ1v) is 6.88. The normalized spacial score (nSPS) is 12.2. The smallest absolute Gasteiger partial charge is 0.339 e. The number of carboxylic acid groups (broad SMARTS) is 1. The van der Waals surface area contributed by atoms with Crippen LogP contribution in [0.25, 0.3) is 0 Å². The number of hydrogen-bond acceptors (Lipinski definition) is 5. The highest BCUT2D eigenvalue weighted by Gasteiger charge is 2.23. The first-order chi connectivity index (χ1) is 9.92. The van der Waals surface area contributed by atoms with Crippen molar-refractivity contribution in [2.75, 3.05) is 38.9 Å².